The fraction of sp³-hybridized carbons (Fsp3) is 0.500. The number of rotatable bonds is 0. The molecule has 1 N–H and O–H groups in total. The van der Waals surface area contributed by atoms with Gasteiger partial charge >= 0.3 is 0 Å². The normalized spacial score (nSPS) is 29.1. The molecule has 2 aliphatic heterocycles. The van der Waals surface area contributed by atoms with E-state index < -0.39 is 11.0 Å². The zero-order chi connectivity index (χ0) is 11.0. The van der Waals surface area contributed by atoms with Gasteiger partial charge < -0.3 is 4.90 Å². The molecule has 0 radical (unpaired) electrons. The van der Waals surface area contributed by atoms with Gasteiger partial charge in [0.15, 0.2) is 0 Å². The lowest BCUT2D eigenvalue weighted by atomic mass is 10.0. The van der Waals surface area contributed by atoms with E-state index in [1.807, 2.05) is 18.2 Å². The highest BCUT2D eigenvalue weighted by Crippen LogP contribution is 2.31. The Hall–Kier alpha value is -0.870. The van der Waals surface area contributed by atoms with Gasteiger partial charge in [0, 0.05) is 19.1 Å². The summed E-state index contributed by atoms with van der Waals surface area (Å²) in [7, 11) is -1.04. The smallest absolute Gasteiger partial charge is 0.127 e. The number of piperidine rings is 1. The Morgan fingerprint density at radius 3 is 3.12 bits per heavy atom. The molecular formula is C12H16N2OS. The van der Waals surface area contributed by atoms with Gasteiger partial charge in [-0.15, -0.1) is 0 Å². The van der Waals surface area contributed by atoms with Crippen LogP contribution in [0.25, 0.3) is 0 Å². The van der Waals surface area contributed by atoms with Gasteiger partial charge in [0.05, 0.1) is 10.6 Å². The van der Waals surface area contributed by atoms with E-state index in [-0.39, 0.29) is 0 Å². The number of benzene rings is 1. The molecule has 2 aliphatic rings. The monoisotopic (exact) mass is 236 g/mol. The first-order valence-corrected chi connectivity index (χ1v) is 7.02. The molecule has 0 aromatic heterocycles. The Morgan fingerprint density at radius 2 is 2.19 bits per heavy atom. The highest BCUT2D eigenvalue weighted by Gasteiger charge is 2.28. The molecule has 4 heteroatoms. The van der Waals surface area contributed by atoms with E-state index in [0.29, 0.717) is 6.04 Å². The van der Waals surface area contributed by atoms with E-state index in [0.717, 1.165) is 23.7 Å². The van der Waals surface area contributed by atoms with Crippen LogP contribution in [-0.4, -0.2) is 23.3 Å². The minimum absolute atomic E-state index is 0.515. The van der Waals surface area contributed by atoms with Gasteiger partial charge in [-0.25, -0.2) is 8.93 Å². The van der Waals surface area contributed by atoms with Gasteiger partial charge in [-0.1, -0.05) is 12.1 Å². The van der Waals surface area contributed by atoms with Crippen LogP contribution >= 0.6 is 0 Å². The molecule has 1 fully saturated rings. The Bertz CT molecular complexity index is 421. The first kappa shape index (κ1) is 10.3. The Labute approximate surface area is 98.4 Å². The van der Waals surface area contributed by atoms with Gasteiger partial charge in [0.25, 0.3) is 0 Å². The molecule has 0 saturated carbocycles. The molecule has 0 aliphatic carbocycles. The number of hydrogen-bond donors (Lipinski definition) is 1. The number of para-hydroxylation sites is 1. The van der Waals surface area contributed by atoms with Crippen LogP contribution in [0.1, 0.15) is 19.3 Å². The number of anilines is 1. The van der Waals surface area contributed by atoms with Crippen LogP contribution < -0.4 is 9.62 Å². The Kier molecular flexibility index (Phi) is 2.69. The lowest BCUT2D eigenvalue weighted by Crippen LogP contribution is -2.43. The van der Waals surface area contributed by atoms with Gasteiger partial charge in [-0.2, -0.15) is 0 Å². The van der Waals surface area contributed by atoms with Crippen molar-refractivity contribution < 1.29 is 4.21 Å². The number of hydrogen-bond acceptors (Lipinski definition) is 2. The van der Waals surface area contributed by atoms with Crippen molar-refractivity contribution in [2.75, 3.05) is 18.0 Å². The zero-order valence-electron chi connectivity index (χ0n) is 9.19. The fourth-order valence-corrected chi connectivity index (χ4v) is 3.71. The van der Waals surface area contributed by atoms with Crippen molar-refractivity contribution in [1.29, 1.82) is 0 Å². The topological polar surface area (TPSA) is 32.3 Å². The SMILES string of the molecule is O=S1NCC2CCCCN2c2ccccc21. The third kappa shape index (κ3) is 1.66. The summed E-state index contributed by atoms with van der Waals surface area (Å²) in [6, 6.07) is 8.57. The largest absolute Gasteiger partial charge is 0.366 e. The summed E-state index contributed by atoms with van der Waals surface area (Å²) in [5.74, 6) is 0. The van der Waals surface area contributed by atoms with E-state index in [1.165, 1.54) is 19.3 Å². The predicted octanol–water partition coefficient (Wildman–Crippen LogP) is 1.67. The third-order valence-electron chi connectivity index (χ3n) is 3.45. The number of fused-ring (bicyclic) bond motifs is 3. The second-order valence-corrected chi connectivity index (χ2v) is 5.69. The van der Waals surface area contributed by atoms with Crippen LogP contribution in [-0.2, 0) is 11.0 Å². The molecule has 1 aromatic carbocycles. The van der Waals surface area contributed by atoms with Crippen molar-refractivity contribution in [1.82, 2.24) is 4.72 Å². The molecule has 0 spiro atoms. The number of nitrogens with zero attached hydrogens (tertiary/aromatic N) is 1. The first-order chi connectivity index (χ1) is 7.86. The first-order valence-electron chi connectivity index (χ1n) is 5.87. The van der Waals surface area contributed by atoms with Crippen LogP contribution in [0.3, 0.4) is 0 Å². The lowest BCUT2D eigenvalue weighted by molar-refractivity contribution is 0.459. The van der Waals surface area contributed by atoms with E-state index in [1.54, 1.807) is 0 Å². The zero-order valence-corrected chi connectivity index (χ0v) is 10.0. The van der Waals surface area contributed by atoms with Crippen molar-refractivity contribution in [3.8, 4) is 0 Å². The molecule has 16 heavy (non-hydrogen) atoms. The minimum Gasteiger partial charge on any atom is -0.366 e. The van der Waals surface area contributed by atoms with E-state index in [4.69, 9.17) is 0 Å². The molecule has 1 saturated heterocycles. The third-order valence-corrected chi connectivity index (χ3v) is 4.63. The second kappa shape index (κ2) is 4.18. The highest BCUT2D eigenvalue weighted by atomic mass is 32.2. The van der Waals surface area contributed by atoms with Crippen molar-refractivity contribution in [3.05, 3.63) is 24.3 Å². The van der Waals surface area contributed by atoms with Gasteiger partial charge in [0.1, 0.15) is 11.0 Å². The Morgan fingerprint density at radius 1 is 1.31 bits per heavy atom. The minimum atomic E-state index is -1.04. The summed E-state index contributed by atoms with van der Waals surface area (Å²) >= 11 is 0. The Balaban J connectivity index is 2.06. The molecule has 0 bridgehead atoms. The summed E-state index contributed by atoms with van der Waals surface area (Å²) in [5, 5.41) is 0. The summed E-state index contributed by atoms with van der Waals surface area (Å²) in [4.78, 5) is 3.36. The maximum atomic E-state index is 12.0. The predicted molar refractivity (Wildman–Crippen MR) is 65.8 cm³/mol. The average Bonchev–Trinajstić information content (AvgIpc) is 2.49. The highest BCUT2D eigenvalue weighted by molar-refractivity contribution is 7.83. The van der Waals surface area contributed by atoms with Gasteiger partial charge in [0.2, 0.25) is 0 Å². The molecule has 2 atom stereocenters. The molecule has 2 unspecified atom stereocenters. The van der Waals surface area contributed by atoms with Crippen molar-refractivity contribution >= 4 is 16.7 Å². The van der Waals surface area contributed by atoms with Crippen LogP contribution in [0.5, 0.6) is 0 Å². The average molecular weight is 236 g/mol. The maximum Gasteiger partial charge on any atom is 0.127 e. The van der Waals surface area contributed by atoms with Crippen molar-refractivity contribution in [2.45, 2.75) is 30.2 Å². The molecule has 2 heterocycles. The summed E-state index contributed by atoms with van der Waals surface area (Å²) in [6.45, 7) is 1.93. The standard InChI is InChI=1S/C12H16N2OS/c15-16-12-7-2-1-6-11(12)14-8-4-3-5-10(14)9-13-16/h1-2,6-7,10,13H,3-5,8-9H2. The van der Waals surface area contributed by atoms with E-state index >= 15 is 0 Å². The summed E-state index contributed by atoms with van der Waals surface area (Å²) in [5.41, 5.74) is 1.16. The van der Waals surface area contributed by atoms with Gasteiger partial charge in [-0.3, -0.25) is 0 Å². The van der Waals surface area contributed by atoms with E-state index in [2.05, 4.69) is 15.7 Å². The van der Waals surface area contributed by atoms with Gasteiger partial charge in [-0.05, 0) is 31.4 Å². The second-order valence-electron chi connectivity index (χ2n) is 4.43. The molecule has 3 rings (SSSR count). The maximum absolute atomic E-state index is 12.0. The van der Waals surface area contributed by atoms with Crippen LogP contribution in [0.15, 0.2) is 29.2 Å². The quantitative estimate of drug-likeness (QED) is 0.743. The summed E-state index contributed by atoms with van der Waals surface area (Å²) in [6.07, 6.45) is 3.74. The van der Waals surface area contributed by atoms with Crippen LogP contribution in [0.2, 0.25) is 0 Å². The summed E-state index contributed by atoms with van der Waals surface area (Å²) < 4.78 is 15.2. The molecule has 0 amide bonds. The van der Waals surface area contributed by atoms with Crippen molar-refractivity contribution in [3.63, 3.8) is 0 Å². The fourth-order valence-electron chi connectivity index (χ4n) is 2.63. The van der Waals surface area contributed by atoms with Crippen molar-refractivity contribution in [2.24, 2.45) is 0 Å². The number of nitrogens with one attached hydrogen (secondary N) is 1. The van der Waals surface area contributed by atoms with Crippen LogP contribution in [0, 0.1) is 0 Å². The molecular weight excluding hydrogens is 220 g/mol. The lowest BCUT2D eigenvalue weighted by Gasteiger charge is -2.36. The van der Waals surface area contributed by atoms with Crippen LogP contribution in [0.4, 0.5) is 5.69 Å². The molecule has 1 aromatic rings. The van der Waals surface area contributed by atoms with E-state index in [9.17, 15) is 4.21 Å². The molecule has 3 nitrogen and oxygen atoms in total. The molecule has 86 valence electrons.